The summed E-state index contributed by atoms with van der Waals surface area (Å²) in [6.45, 7) is 0. The number of rotatable bonds is 5. The quantitative estimate of drug-likeness (QED) is 0.849. The van der Waals surface area contributed by atoms with Gasteiger partial charge in [0, 0.05) is 11.1 Å². The van der Waals surface area contributed by atoms with Gasteiger partial charge in [0.15, 0.2) is 9.84 Å². The smallest absolute Gasteiger partial charge is 0.175 e. The number of sulfone groups is 1. The molecule has 1 aromatic heterocycles. The Hall–Kier alpha value is -1.40. The summed E-state index contributed by atoms with van der Waals surface area (Å²) in [7, 11) is -3.34. The van der Waals surface area contributed by atoms with Gasteiger partial charge >= 0.3 is 0 Å². The molecule has 0 amide bonds. The minimum Gasteiger partial charge on any atom is -0.375 e. The van der Waals surface area contributed by atoms with Gasteiger partial charge in [0.25, 0.3) is 0 Å². The summed E-state index contributed by atoms with van der Waals surface area (Å²) >= 11 is 1.63. The highest BCUT2D eigenvalue weighted by Crippen LogP contribution is 2.44. The minimum atomic E-state index is -3.34. The fourth-order valence-electron chi connectivity index (χ4n) is 2.33. The van der Waals surface area contributed by atoms with E-state index in [-0.39, 0.29) is 16.6 Å². The lowest BCUT2D eigenvalue weighted by molar-refractivity contribution is 0.599. The van der Waals surface area contributed by atoms with Crippen LogP contribution in [0.5, 0.6) is 0 Å². The summed E-state index contributed by atoms with van der Waals surface area (Å²) in [6.07, 6.45) is 3.35. The molecule has 3 rings (SSSR count). The molecule has 1 N–H and O–H groups in total. The topological polar surface area (TPSA) is 46.2 Å². The lowest BCUT2D eigenvalue weighted by Gasteiger charge is -2.19. The number of hydrogen-bond acceptors (Lipinski definition) is 4. The highest BCUT2D eigenvalue weighted by atomic mass is 32.2. The van der Waals surface area contributed by atoms with Crippen LogP contribution in [0.1, 0.15) is 23.8 Å². The van der Waals surface area contributed by atoms with Crippen LogP contribution < -0.4 is 5.32 Å². The van der Waals surface area contributed by atoms with Crippen LogP contribution >= 0.6 is 11.3 Å². The molecule has 1 fully saturated rings. The van der Waals surface area contributed by atoms with E-state index in [0.29, 0.717) is 5.92 Å². The van der Waals surface area contributed by atoms with E-state index >= 15 is 0 Å². The van der Waals surface area contributed by atoms with Crippen LogP contribution in [-0.4, -0.2) is 14.7 Å². The van der Waals surface area contributed by atoms with Crippen LogP contribution in [0.15, 0.2) is 40.6 Å². The molecule has 1 aliphatic rings. The molecule has 3 nitrogen and oxygen atoms in total. The number of hydrogen-bond donors (Lipinski definition) is 1. The minimum absolute atomic E-state index is 0.0503. The summed E-state index contributed by atoms with van der Waals surface area (Å²) < 4.78 is 37.2. The third kappa shape index (κ3) is 3.27. The lowest BCUT2D eigenvalue weighted by atomic mass is 10.1. The average Bonchev–Trinajstić information content (AvgIpc) is 3.11. The van der Waals surface area contributed by atoms with Gasteiger partial charge in [0.1, 0.15) is 5.82 Å². The lowest BCUT2D eigenvalue weighted by Crippen LogP contribution is -2.13. The van der Waals surface area contributed by atoms with Gasteiger partial charge in [0.2, 0.25) is 0 Å². The molecule has 21 heavy (non-hydrogen) atoms. The first-order valence-corrected chi connectivity index (χ1v) is 9.52. The first-order valence-electron chi connectivity index (χ1n) is 6.75. The Bertz CT molecular complexity index is 737. The van der Waals surface area contributed by atoms with Gasteiger partial charge in [-0.1, -0.05) is 6.07 Å². The summed E-state index contributed by atoms with van der Waals surface area (Å²) in [5, 5.41) is 5.19. The maximum atomic E-state index is 14.0. The molecule has 1 heterocycles. The number of anilines is 1. The van der Waals surface area contributed by atoms with Gasteiger partial charge in [-0.2, -0.15) is 0 Å². The third-order valence-corrected chi connectivity index (χ3v) is 5.69. The molecular formula is C15H16FNO2S2. The summed E-state index contributed by atoms with van der Waals surface area (Å²) in [4.78, 5) is 1.29. The predicted octanol–water partition coefficient (Wildman–Crippen LogP) is 3.85. The van der Waals surface area contributed by atoms with Gasteiger partial charge in [-0.05, 0) is 48.4 Å². The molecular weight excluding hydrogens is 309 g/mol. The van der Waals surface area contributed by atoms with Crippen molar-refractivity contribution in [1.29, 1.82) is 0 Å². The van der Waals surface area contributed by atoms with Crippen LogP contribution in [0.25, 0.3) is 0 Å². The first kappa shape index (κ1) is 14.5. The Balaban J connectivity index is 1.93. The van der Waals surface area contributed by atoms with Crippen LogP contribution in [0, 0.1) is 11.7 Å². The molecule has 112 valence electrons. The largest absolute Gasteiger partial charge is 0.375 e. The van der Waals surface area contributed by atoms with Gasteiger partial charge in [-0.3, -0.25) is 0 Å². The van der Waals surface area contributed by atoms with Gasteiger partial charge in [0.05, 0.1) is 16.6 Å². The molecule has 6 heteroatoms. The van der Waals surface area contributed by atoms with Crippen molar-refractivity contribution in [3.8, 4) is 0 Å². The van der Waals surface area contributed by atoms with Crippen molar-refractivity contribution in [2.75, 3.05) is 11.6 Å². The Morgan fingerprint density at radius 3 is 2.67 bits per heavy atom. The van der Waals surface area contributed by atoms with Gasteiger partial charge in [-0.25, -0.2) is 12.8 Å². The van der Waals surface area contributed by atoms with Crippen molar-refractivity contribution < 1.29 is 12.8 Å². The molecule has 1 aromatic carbocycles. The predicted molar refractivity (Wildman–Crippen MR) is 82.9 cm³/mol. The second-order valence-corrected chi connectivity index (χ2v) is 8.38. The zero-order chi connectivity index (χ0) is 15.0. The average molecular weight is 325 g/mol. The van der Waals surface area contributed by atoms with Crippen LogP contribution in [0.4, 0.5) is 10.1 Å². The van der Waals surface area contributed by atoms with Crippen LogP contribution in [-0.2, 0) is 9.84 Å². The number of halogens is 1. The molecule has 0 radical (unpaired) electrons. The number of nitrogens with one attached hydrogen (secondary N) is 1. The maximum Gasteiger partial charge on any atom is 0.175 e. The van der Waals surface area contributed by atoms with Crippen LogP contribution in [0.3, 0.4) is 0 Å². The van der Waals surface area contributed by atoms with Gasteiger partial charge < -0.3 is 5.32 Å². The van der Waals surface area contributed by atoms with Crippen molar-refractivity contribution in [2.24, 2.45) is 5.92 Å². The second-order valence-electron chi connectivity index (χ2n) is 5.39. The highest BCUT2D eigenvalue weighted by Gasteiger charge is 2.33. The molecule has 1 saturated carbocycles. The molecule has 1 aliphatic carbocycles. The second kappa shape index (κ2) is 5.42. The van der Waals surface area contributed by atoms with E-state index in [9.17, 15) is 12.8 Å². The van der Waals surface area contributed by atoms with Crippen molar-refractivity contribution in [3.63, 3.8) is 0 Å². The van der Waals surface area contributed by atoms with E-state index < -0.39 is 15.7 Å². The third-order valence-electron chi connectivity index (χ3n) is 3.62. The Morgan fingerprint density at radius 2 is 2.10 bits per heavy atom. The number of benzene rings is 1. The Kier molecular flexibility index (Phi) is 3.75. The molecule has 0 bridgehead atoms. The van der Waals surface area contributed by atoms with Crippen molar-refractivity contribution in [2.45, 2.75) is 23.8 Å². The Morgan fingerprint density at radius 1 is 1.33 bits per heavy atom. The van der Waals surface area contributed by atoms with E-state index in [2.05, 4.69) is 5.32 Å². The summed E-state index contributed by atoms with van der Waals surface area (Å²) in [6, 6.07) is 7.94. The summed E-state index contributed by atoms with van der Waals surface area (Å²) in [5.41, 5.74) is 0.253. The van der Waals surface area contributed by atoms with Crippen molar-refractivity contribution in [3.05, 3.63) is 46.4 Å². The zero-order valence-electron chi connectivity index (χ0n) is 11.5. The van der Waals surface area contributed by atoms with E-state index in [0.717, 1.165) is 24.0 Å². The fraction of sp³-hybridized carbons (Fsp3) is 0.333. The first-order chi connectivity index (χ1) is 9.95. The van der Waals surface area contributed by atoms with Gasteiger partial charge in [-0.15, -0.1) is 11.3 Å². The van der Waals surface area contributed by atoms with E-state index in [1.807, 2.05) is 17.5 Å². The highest BCUT2D eigenvalue weighted by molar-refractivity contribution is 7.90. The number of thiophene rings is 1. The molecule has 0 spiro atoms. The van der Waals surface area contributed by atoms with E-state index in [4.69, 9.17) is 0 Å². The SMILES string of the molecule is CS(=O)(=O)c1ccc(F)c(NC(c2cccs2)C2CC2)c1. The monoisotopic (exact) mass is 325 g/mol. The van der Waals surface area contributed by atoms with Crippen LogP contribution in [0.2, 0.25) is 0 Å². The fourth-order valence-corrected chi connectivity index (χ4v) is 3.85. The molecule has 2 aromatic rings. The van der Waals surface area contributed by atoms with E-state index in [1.165, 1.54) is 18.2 Å². The molecule has 0 aliphatic heterocycles. The van der Waals surface area contributed by atoms with Crippen molar-refractivity contribution >= 4 is 26.9 Å². The molecule has 1 unspecified atom stereocenters. The normalized spacial score (nSPS) is 16.7. The summed E-state index contributed by atoms with van der Waals surface area (Å²) in [5.74, 6) is 0.0644. The Labute approximate surface area is 127 Å². The maximum absolute atomic E-state index is 14.0. The molecule has 1 atom stereocenters. The standard InChI is InChI=1S/C15H16FNO2S2/c1-21(18,19)11-6-7-12(16)13(9-11)17-15(10-4-5-10)14-3-2-8-20-14/h2-3,6-10,15,17H,4-5H2,1H3. The molecule has 0 saturated heterocycles. The van der Waals surface area contributed by atoms with Crippen molar-refractivity contribution in [1.82, 2.24) is 0 Å². The van der Waals surface area contributed by atoms with E-state index in [1.54, 1.807) is 11.3 Å². The zero-order valence-corrected chi connectivity index (χ0v) is 13.2.